The molecule has 1 saturated heterocycles. The van der Waals surface area contributed by atoms with Gasteiger partial charge >= 0.3 is 0 Å². The van der Waals surface area contributed by atoms with Crippen molar-refractivity contribution in [1.82, 2.24) is 15.5 Å². The number of nitrogens with zero attached hydrogens (tertiary/aromatic N) is 1. The summed E-state index contributed by atoms with van der Waals surface area (Å²) in [5.41, 5.74) is 6.08. The highest BCUT2D eigenvalue weighted by Gasteiger charge is 2.64. The highest BCUT2D eigenvalue weighted by molar-refractivity contribution is 7.10. The average Bonchev–Trinajstić information content (AvgIpc) is 3.20. The first kappa shape index (κ1) is 26.6. The Kier molecular flexibility index (Phi) is 7.82. The first-order valence-electron chi connectivity index (χ1n) is 12.3. The van der Waals surface area contributed by atoms with E-state index in [9.17, 15) is 18.8 Å². The number of hydrogen-bond donors (Lipinski definition) is 4. The van der Waals surface area contributed by atoms with E-state index in [2.05, 4.69) is 17.6 Å². The highest BCUT2D eigenvalue weighted by atomic mass is 32.1. The van der Waals surface area contributed by atoms with Crippen LogP contribution >= 0.6 is 11.3 Å². The molecule has 1 aliphatic carbocycles. The summed E-state index contributed by atoms with van der Waals surface area (Å²) in [6.07, 6.45) is 2.05. The molecular weight excluding hydrogens is 497 g/mol. The van der Waals surface area contributed by atoms with E-state index in [-0.39, 0.29) is 66.4 Å². The molecule has 198 valence electrons. The lowest BCUT2D eigenvalue weighted by molar-refractivity contribution is -0.140. The van der Waals surface area contributed by atoms with Gasteiger partial charge in [0.05, 0.1) is 19.2 Å². The topological polar surface area (TPSA) is 138 Å². The quantitative estimate of drug-likeness (QED) is 0.202. The van der Waals surface area contributed by atoms with E-state index in [1.807, 2.05) is 6.92 Å². The van der Waals surface area contributed by atoms with Crippen molar-refractivity contribution in [3.63, 3.8) is 0 Å². The fourth-order valence-electron chi connectivity index (χ4n) is 4.77. The number of carbonyl (C=O) groups excluding carboxylic acids is 3. The molecule has 0 bridgehead atoms. The van der Waals surface area contributed by atoms with Crippen LogP contribution in [0, 0.1) is 16.6 Å². The van der Waals surface area contributed by atoms with Crippen molar-refractivity contribution in [2.24, 2.45) is 11.1 Å². The number of carbonyl (C=O) groups is 3. The first-order valence-corrected chi connectivity index (χ1v) is 13.1. The van der Waals surface area contributed by atoms with E-state index < -0.39 is 6.04 Å². The number of thiophene rings is 1. The maximum atomic E-state index is 13.2. The van der Waals surface area contributed by atoms with Crippen LogP contribution in [0.2, 0.25) is 0 Å². The van der Waals surface area contributed by atoms with Crippen LogP contribution in [0.25, 0.3) is 0 Å². The van der Waals surface area contributed by atoms with Crippen LogP contribution in [0.3, 0.4) is 0 Å². The van der Waals surface area contributed by atoms with Crippen molar-refractivity contribution in [3.8, 4) is 5.75 Å². The molecule has 1 aliphatic heterocycles. The van der Waals surface area contributed by atoms with Crippen LogP contribution in [0.1, 0.15) is 56.0 Å². The normalized spacial score (nSPS) is 22.6. The second kappa shape index (κ2) is 10.9. The molecule has 37 heavy (non-hydrogen) atoms. The Balaban J connectivity index is 1.25. The van der Waals surface area contributed by atoms with Gasteiger partial charge < -0.3 is 26.0 Å². The molecule has 2 aromatic rings. The smallest absolute Gasteiger partial charge is 0.243 e. The zero-order valence-electron chi connectivity index (χ0n) is 20.9. The van der Waals surface area contributed by atoms with Crippen LogP contribution in [-0.4, -0.2) is 53.7 Å². The lowest BCUT2D eigenvalue weighted by atomic mass is 10.0. The summed E-state index contributed by atoms with van der Waals surface area (Å²) in [4.78, 5) is 41.0. The average molecular weight is 530 g/mol. The lowest BCUT2D eigenvalue weighted by Gasteiger charge is -2.28. The fraction of sp³-hybridized carbons (Fsp3) is 0.462. The molecule has 2 aliphatic rings. The second-order valence-electron chi connectivity index (χ2n) is 9.96. The van der Waals surface area contributed by atoms with Gasteiger partial charge in [0.1, 0.15) is 23.4 Å². The van der Waals surface area contributed by atoms with Gasteiger partial charge in [-0.05, 0) is 61.9 Å². The molecule has 1 saturated carbocycles. The minimum atomic E-state index is -0.591. The number of hydrogen-bond acceptors (Lipinski definition) is 6. The number of amides is 3. The molecular formula is C26H32FN5O4S. The standard InChI is InChI=1S/C26H32FN5O4S/c1-15(20-10-16(14-37-20)24(28)29)31-25(35)19-11-26(2)12-21(26)32(19)23(34)13-30-22(33)4-3-9-36-18-7-5-17(27)6-8-18/h5-8,10,14-15,19,21H,3-4,9,11-13H2,1-2H3,(H3,28,29)(H,30,33)(H,31,35)/t15?,19-,21-,26+/m0/s1. The van der Waals surface area contributed by atoms with Crippen LogP contribution in [0.4, 0.5) is 4.39 Å². The van der Waals surface area contributed by atoms with E-state index in [4.69, 9.17) is 15.9 Å². The SMILES string of the molecule is CC(NC(=O)[C@@H]1C[C@]2(C)C[C@@H]2N1C(=O)CNC(=O)CCCOc1ccc(F)cc1)c1cc(C(=N)N)cs1. The number of nitrogens with one attached hydrogen (secondary N) is 3. The summed E-state index contributed by atoms with van der Waals surface area (Å²) < 4.78 is 18.4. The number of benzene rings is 1. The van der Waals surface area contributed by atoms with Crippen LogP contribution in [0.15, 0.2) is 35.7 Å². The van der Waals surface area contributed by atoms with Crippen molar-refractivity contribution in [2.75, 3.05) is 13.2 Å². The van der Waals surface area contributed by atoms with E-state index in [0.29, 0.717) is 24.2 Å². The summed E-state index contributed by atoms with van der Waals surface area (Å²) in [5, 5.41) is 15.0. The molecule has 0 radical (unpaired) electrons. The van der Waals surface area contributed by atoms with Gasteiger partial charge in [-0.2, -0.15) is 0 Å². The molecule has 0 spiro atoms. The molecule has 5 N–H and O–H groups in total. The van der Waals surface area contributed by atoms with Gasteiger partial charge in [0.15, 0.2) is 0 Å². The summed E-state index contributed by atoms with van der Waals surface area (Å²) in [5.74, 6) is -0.621. The summed E-state index contributed by atoms with van der Waals surface area (Å²) in [7, 11) is 0. The molecule has 2 heterocycles. The maximum Gasteiger partial charge on any atom is 0.243 e. The second-order valence-corrected chi connectivity index (χ2v) is 10.9. The maximum absolute atomic E-state index is 13.2. The van der Waals surface area contributed by atoms with Crippen molar-refractivity contribution in [2.45, 2.75) is 57.7 Å². The van der Waals surface area contributed by atoms with Crippen molar-refractivity contribution in [1.29, 1.82) is 5.41 Å². The Hall–Kier alpha value is -3.47. The van der Waals surface area contributed by atoms with Gasteiger partial charge in [0, 0.05) is 28.3 Å². The van der Waals surface area contributed by atoms with Gasteiger partial charge in [0.25, 0.3) is 0 Å². The third kappa shape index (κ3) is 6.27. The minimum Gasteiger partial charge on any atom is -0.494 e. The number of amidine groups is 1. The van der Waals surface area contributed by atoms with Crippen LogP contribution < -0.4 is 21.1 Å². The Bertz CT molecular complexity index is 1190. The predicted molar refractivity (Wildman–Crippen MR) is 138 cm³/mol. The third-order valence-corrected chi connectivity index (χ3v) is 8.12. The van der Waals surface area contributed by atoms with Crippen LogP contribution in [-0.2, 0) is 14.4 Å². The van der Waals surface area contributed by atoms with Gasteiger partial charge in [0.2, 0.25) is 17.7 Å². The van der Waals surface area contributed by atoms with Gasteiger partial charge in [-0.3, -0.25) is 19.8 Å². The Morgan fingerprint density at radius 3 is 2.70 bits per heavy atom. The lowest BCUT2D eigenvalue weighted by Crippen LogP contribution is -2.51. The van der Waals surface area contributed by atoms with Crippen molar-refractivity contribution < 1.29 is 23.5 Å². The van der Waals surface area contributed by atoms with E-state index in [0.717, 1.165) is 11.3 Å². The summed E-state index contributed by atoms with van der Waals surface area (Å²) in [6.45, 7) is 4.05. The zero-order valence-corrected chi connectivity index (χ0v) is 21.7. The summed E-state index contributed by atoms with van der Waals surface area (Å²) in [6, 6.07) is 6.55. The number of ether oxygens (including phenoxy) is 1. The van der Waals surface area contributed by atoms with Gasteiger partial charge in [-0.15, -0.1) is 11.3 Å². The van der Waals surface area contributed by atoms with Gasteiger partial charge in [-0.25, -0.2) is 4.39 Å². The predicted octanol–water partition coefficient (Wildman–Crippen LogP) is 2.70. The minimum absolute atomic E-state index is 0.00174. The largest absolute Gasteiger partial charge is 0.494 e. The number of nitrogens with two attached hydrogens (primary N) is 1. The third-order valence-electron chi connectivity index (χ3n) is 7.01. The number of likely N-dealkylation sites (tertiary alicyclic amines) is 1. The van der Waals surface area contributed by atoms with Crippen molar-refractivity contribution in [3.05, 3.63) is 52.0 Å². The number of fused-ring (bicyclic) bond motifs is 1. The van der Waals surface area contributed by atoms with Gasteiger partial charge in [-0.1, -0.05) is 6.92 Å². The Morgan fingerprint density at radius 1 is 1.30 bits per heavy atom. The zero-order chi connectivity index (χ0) is 26.7. The number of piperidine rings is 1. The molecule has 4 atom stereocenters. The van der Waals surface area contributed by atoms with E-state index in [1.54, 1.807) is 16.3 Å². The summed E-state index contributed by atoms with van der Waals surface area (Å²) >= 11 is 1.42. The monoisotopic (exact) mass is 529 g/mol. The number of nitrogen functional groups attached to an aromatic ring is 1. The molecule has 3 amide bonds. The molecule has 2 fully saturated rings. The molecule has 1 aromatic heterocycles. The van der Waals surface area contributed by atoms with E-state index in [1.165, 1.54) is 35.6 Å². The fourth-order valence-corrected chi connectivity index (χ4v) is 5.69. The van der Waals surface area contributed by atoms with Crippen molar-refractivity contribution >= 4 is 34.9 Å². The first-order chi connectivity index (χ1) is 17.6. The molecule has 1 aromatic carbocycles. The Morgan fingerprint density at radius 2 is 2.03 bits per heavy atom. The molecule has 1 unspecified atom stereocenters. The van der Waals surface area contributed by atoms with E-state index >= 15 is 0 Å². The van der Waals surface area contributed by atoms with Crippen LogP contribution in [0.5, 0.6) is 5.75 Å². The molecule has 11 heteroatoms. The number of halogens is 1. The number of rotatable bonds is 11. The Labute approximate surface area is 219 Å². The highest BCUT2D eigenvalue weighted by Crippen LogP contribution is 2.59. The molecule has 4 rings (SSSR count). The molecule has 9 nitrogen and oxygen atoms in total.